The van der Waals surface area contributed by atoms with E-state index >= 15 is 0 Å². The van der Waals surface area contributed by atoms with Crippen LogP contribution < -0.4 is 10.5 Å². The zero-order chi connectivity index (χ0) is 12.1. The Morgan fingerprint density at radius 2 is 1.88 bits per heavy atom. The van der Waals surface area contributed by atoms with Gasteiger partial charge >= 0.3 is 0 Å². The summed E-state index contributed by atoms with van der Waals surface area (Å²) < 4.78 is 5.28. The Balaban J connectivity index is 2.33. The largest absolute Gasteiger partial charge is 0.496 e. The average Bonchev–Trinajstić information content (AvgIpc) is 2.40. The summed E-state index contributed by atoms with van der Waals surface area (Å²) in [6, 6.07) is 7.70. The maximum Gasteiger partial charge on any atom is 0.162 e. The Hall–Kier alpha value is -1.94. The number of ether oxygens (including phenoxy) is 1. The number of nitrogens with zero attached hydrogens (tertiary/aromatic N) is 2. The highest BCUT2D eigenvalue weighted by Gasteiger charge is 2.07. The van der Waals surface area contributed by atoms with Crippen LogP contribution in [-0.2, 0) is 6.42 Å². The minimum absolute atomic E-state index is 0.608. The molecule has 0 aliphatic carbocycles. The predicted octanol–water partition coefficient (Wildman–Crippen LogP) is 1.65. The van der Waals surface area contributed by atoms with Crippen LogP contribution in [0.1, 0.15) is 5.56 Å². The molecule has 0 saturated carbocycles. The van der Waals surface area contributed by atoms with E-state index in [2.05, 4.69) is 9.97 Å². The third kappa shape index (κ3) is 2.60. The quantitative estimate of drug-likeness (QED) is 0.866. The lowest BCUT2D eigenvalue weighted by Crippen LogP contribution is -2.04. The number of hydrogen-bond acceptors (Lipinski definition) is 4. The van der Waals surface area contributed by atoms with Crippen LogP contribution in [0.2, 0.25) is 0 Å². The van der Waals surface area contributed by atoms with Crippen molar-refractivity contribution < 1.29 is 4.74 Å². The normalized spacial score (nSPS) is 10.2. The van der Waals surface area contributed by atoms with Crippen molar-refractivity contribution in [2.45, 2.75) is 6.42 Å². The molecule has 88 valence electrons. The van der Waals surface area contributed by atoms with Crippen LogP contribution in [0, 0.1) is 0 Å². The van der Waals surface area contributed by atoms with Crippen molar-refractivity contribution in [3.05, 3.63) is 42.2 Å². The topological polar surface area (TPSA) is 61.0 Å². The minimum Gasteiger partial charge on any atom is -0.496 e. The maximum atomic E-state index is 5.48. The monoisotopic (exact) mass is 229 g/mol. The minimum atomic E-state index is 0.608. The van der Waals surface area contributed by atoms with Crippen LogP contribution >= 0.6 is 0 Å². The molecule has 0 saturated heterocycles. The van der Waals surface area contributed by atoms with E-state index in [1.807, 2.05) is 36.7 Å². The SMILES string of the molecule is COc1ccccc1-c1ncc(CCN)cn1. The van der Waals surface area contributed by atoms with Gasteiger partial charge in [-0.05, 0) is 30.7 Å². The van der Waals surface area contributed by atoms with Gasteiger partial charge in [0.2, 0.25) is 0 Å². The molecule has 2 rings (SSSR count). The molecule has 17 heavy (non-hydrogen) atoms. The number of para-hydroxylation sites is 1. The van der Waals surface area contributed by atoms with Gasteiger partial charge in [-0.15, -0.1) is 0 Å². The number of aromatic nitrogens is 2. The van der Waals surface area contributed by atoms with Gasteiger partial charge in [-0.1, -0.05) is 12.1 Å². The maximum absolute atomic E-state index is 5.48. The van der Waals surface area contributed by atoms with Crippen molar-refractivity contribution in [1.29, 1.82) is 0 Å². The lowest BCUT2D eigenvalue weighted by Gasteiger charge is -2.06. The Morgan fingerprint density at radius 1 is 1.18 bits per heavy atom. The third-order valence-corrected chi connectivity index (χ3v) is 2.49. The van der Waals surface area contributed by atoms with Crippen LogP contribution in [0.25, 0.3) is 11.4 Å². The molecule has 0 aliphatic rings. The summed E-state index contributed by atoms with van der Waals surface area (Å²) in [5, 5.41) is 0. The van der Waals surface area contributed by atoms with E-state index in [-0.39, 0.29) is 0 Å². The molecule has 4 heteroatoms. The number of benzene rings is 1. The molecule has 0 unspecified atom stereocenters. The fraction of sp³-hybridized carbons (Fsp3) is 0.231. The standard InChI is InChI=1S/C13H15N3O/c1-17-12-5-3-2-4-11(12)13-15-8-10(6-7-14)9-16-13/h2-5,8-9H,6-7,14H2,1H3. The van der Waals surface area contributed by atoms with Crippen molar-refractivity contribution in [2.24, 2.45) is 5.73 Å². The van der Waals surface area contributed by atoms with Gasteiger partial charge in [-0.3, -0.25) is 0 Å². The van der Waals surface area contributed by atoms with Crippen LogP contribution in [0.15, 0.2) is 36.7 Å². The van der Waals surface area contributed by atoms with E-state index in [9.17, 15) is 0 Å². The first-order chi connectivity index (χ1) is 8.35. The van der Waals surface area contributed by atoms with E-state index in [1.165, 1.54) is 0 Å². The molecule has 0 spiro atoms. The van der Waals surface area contributed by atoms with E-state index in [4.69, 9.17) is 10.5 Å². The Morgan fingerprint density at radius 3 is 2.53 bits per heavy atom. The number of hydrogen-bond donors (Lipinski definition) is 1. The van der Waals surface area contributed by atoms with E-state index in [0.29, 0.717) is 12.4 Å². The van der Waals surface area contributed by atoms with Crippen LogP contribution in [0.3, 0.4) is 0 Å². The molecule has 0 fully saturated rings. The second-order valence-corrected chi connectivity index (χ2v) is 3.65. The van der Waals surface area contributed by atoms with Gasteiger partial charge in [0, 0.05) is 12.4 Å². The molecule has 1 aromatic heterocycles. The van der Waals surface area contributed by atoms with Crippen molar-refractivity contribution in [3.8, 4) is 17.1 Å². The Labute approximate surface area is 100 Å². The van der Waals surface area contributed by atoms with E-state index in [0.717, 1.165) is 23.3 Å². The number of methoxy groups -OCH3 is 1. The molecule has 0 atom stereocenters. The van der Waals surface area contributed by atoms with Crippen LogP contribution in [0.5, 0.6) is 5.75 Å². The van der Waals surface area contributed by atoms with Crippen LogP contribution in [-0.4, -0.2) is 23.6 Å². The lowest BCUT2D eigenvalue weighted by atomic mass is 10.2. The summed E-state index contributed by atoms with van der Waals surface area (Å²) >= 11 is 0. The van der Waals surface area contributed by atoms with Gasteiger partial charge < -0.3 is 10.5 Å². The molecule has 2 N–H and O–H groups in total. The second kappa shape index (κ2) is 5.41. The number of nitrogens with two attached hydrogens (primary N) is 1. The fourth-order valence-corrected chi connectivity index (χ4v) is 1.62. The Kier molecular flexibility index (Phi) is 3.67. The summed E-state index contributed by atoms with van der Waals surface area (Å²) in [5.41, 5.74) is 7.42. The van der Waals surface area contributed by atoms with E-state index < -0.39 is 0 Å². The third-order valence-electron chi connectivity index (χ3n) is 2.49. The first kappa shape index (κ1) is 11.5. The molecule has 1 aromatic carbocycles. The highest BCUT2D eigenvalue weighted by molar-refractivity contribution is 5.63. The first-order valence-electron chi connectivity index (χ1n) is 5.49. The van der Waals surface area contributed by atoms with Crippen molar-refractivity contribution in [3.63, 3.8) is 0 Å². The van der Waals surface area contributed by atoms with Gasteiger partial charge in [-0.25, -0.2) is 9.97 Å². The van der Waals surface area contributed by atoms with Crippen molar-refractivity contribution in [1.82, 2.24) is 9.97 Å². The van der Waals surface area contributed by atoms with Gasteiger partial charge in [0.05, 0.1) is 12.7 Å². The van der Waals surface area contributed by atoms with Crippen molar-refractivity contribution >= 4 is 0 Å². The second-order valence-electron chi connectivity index (χ2n) is 3.65. The molecule has 0 amide bonds. The zero-order valence-corrected chi connectivity index (χ0v) is 9.76. The fourth-order valence-electron chi connectivity index (χ4n) is 1.62. The zero-order valence-electron chi connectivity index (χ0n) is 9.76. The lowest BCUT2D eigenvalue weighted by molar-refractivity contribution is 0.416. The molecule has 0 bridgehead atoms. The summed E-state index contributed by atoms with van der Waals surface area (Å²) in [6.07, 6.45) is 4.41. The number of rotatable bonds is 4. The van der Waals surface area contributed by atoms with E-state index in [1.54, 1.807) is 7.11 Å². The van der Waals surface area contributed by atoms with Gasteiger partial charge in [-0.2, -0.15) is 0 Å². The predicted molar refractivity (Wildman–Crippen MR) is 66.8 cm³/mol. The summed E-state index contributed by atoms with van der Waals surface area (Å²) in [6.45, 7) is 0.608. The average molecular weight is 229 g/mol. The first-order valence-corrected chi connectivity index (χ1v) is 5.49. The highest BCUT2D eigenvalue weighted by atomic mass is 16.5. The van der Waals surface area contributed by atoms with Crippen molar-refractivity contribution in [2.75, 3.05) is 13.7 Å². The molecule has 4 nitrogen and oxygen atoms in total. The van der Waals surface area contributed by atoms with Crippen LogP contribution in [0.4, 0.5) is 0 Å². The van der Waals surface area contributed by atoms with Gasteiger partial charge in [0.1, 0.15) is 5.75 Å². The smallest absolute Gasteiger partial charge is 0.162 e. The molecule has 0 radical (unpaired) electrons. The molecule has 2 aromatic rings. The van der Waals surface area contributed by atoms with Gasteiger partial charge in [0.15, 0.2) is 5.82 Å². The molecular formula is C13H15N3O. The Bertz CT molecular complexity index is 482. The molecule has 0 aliphatic heterocycles. The summed E-state index contributed by atoms with van der Waals surface area (Å²) in [5.74, 6) is 1.45. The molecular weight excluding hydrogens is 214 g/mol. The highest BCUT2D eigenvalue weighted by Crippen LogP contribution is 2.26. The molecule has 1 heterocycles. The summed E-state index contributed by atoms with van der Waals surface area (Å²) in [4.78, 5) is 8.66. The summed E-state index contributed by atoms with van der Waals surface area (Å²) in [7, 11) is 1.64. The van der Waals surface area contributed by atoms with Gasteiger partial charge in [0.25, 0.3) is 0 Å².